The largest absolute Gasteiger partial charge is 0.464 e. The van der Waals surface area contributed by atoms with Crippen molar-refractivity contribution in [2.24, 2.45) is 11.8 Å². The van der Waals surface area contributed by atoms with Crippen LogP contribution in [0.1, 0.15) is 53.0 Å². The number of hydrogen-bond acceptors (Lipinski definition) is 8. The average Bonchev–Trinajstić information content (AvgIpc) is 3.67. The molecule has 1 saturated carbocycles. The van der Waals surface area contributed by atoms with Crippen molar-refractivity contribution in [1.82, 2.24) is 19.1 Å². The molecular weight excluding hydrogens is 520 g/mol. The van der Waals surface area contributed by atoms with Gasteiger partial charge in [-0.3, -0.25) is 14.3 Å². The number of nitrogens with zero attached hydrogens (tertiary/aromatic N) is 4. The van der Waals surface area contributed by atoms with Crippen molar-refractivity contribution in [3.05, 3.63) is 46.9 Å². The van der Waals surface area contributed by atoms with Crippen LogP contribution in [0.2, 0.25) is 0 Å². The van der Waals surface area contributed by atoms with Gasteiger partial charge >= 0.3 is 5.97 Å². The molecule has 1 aromatic carbocycles. The molecule has 2 heterocycles. The van der Waals surface area contributed by atoms with Crippen molar-refractivity contribution < 1.29 is 17.9 Å². The van der Waals surface area contributed by atoms with Gasteiger partial charge in [0, 0.05) is 18.9 Å². The normalized spacial score (nSPS) is 14.9. The molecule has 11 nitrogen and oxygen atoms in total. The molecule has 3 aromatic rings. The summed E-state index contributed by atoms with van der Waals surface area (Å²) in [5.74, 6) is 0.149. The van der Waals surface area contributed by atoms with Crippen LogP contribution in [0.25, 0.3) is 10.9 Å². The molecule has 0 unspecified atom stereocenters. The molecule has 39 heavy (non-hydrogen) atoms. The van der Waals surface area contributed by atoms with Crippen LogP contribution in [-0.2, 0) is 19.6 Å². The van der Waals surface area contributed by atoms with Gasteiger partial charge in [-0.15, -0.1) is 0 Å². The lowest BCUT2D eigenvalue weighted by Crippen LogP contribution is -2.51. The SMILES string of the molecule is CC(C)COC(=O)C(C)(C)N(C)S(=O)(=O)c1ccc(Nc2nn([C@@H](CC#N)C3CC3)c3cc[nH]c(=O)c23)cc1. The standard InChI is InChI=1S/C27H34N6O5S/c1-17(2)16-38-26(35)27(3,4)32(5)39(36,37)20-10-8-19(9-11-20)30-24-23-22(13-15-29-25(23)34)33(31-24)21(12-14-28)18-6-7-18/h8-11,13,15,17-18,21H,6-7,12,16H2,1-5H3,(H,29,34)(H,30,31)/t21-/m0/s1. The number of likely N-dealkylation sites (N-methyl/N-ethyl adjacent to an activating group) is 1. The Bertz CT molecular complexity index is 1560. The molecule has 208 valence electrons. The lowest BCUT2D eigenvalue weighted by molar-refractivity contribution is -0.154. The summed E-state index contributed by atoms with van der Waals surface area (Å²) in [4.78, 5) is 28.0. The predicted octanol–water partition coefficient (Wildman–Crippen LogP) is 3.93. The van der Waals surface area contributed by atoms with Gasteiger partial charge in [-0.25, -0.2) is 8.42 Å². The Morgan fingerprint density at radius 1 is 1.28 bits per heavy atom. The number of anilines is 2. The molecule has 2 aromatic heterocycles. The van der Waals surface area contributed by atoms with Crippen LogP contribution in [-0.4, -0.2) is 52.7 Å². The zero-order valence-electron chi connectivity index (χ0n) is 22.8. The van der Waals surface area contributed by atoms with Crippen LogP contribution in [0, 0.1) is 23.2 Å². The number of ether oxygens (including phenoxy) is 1. The number of benzene rings is 1. The third-order valence-electron chi connectivity index (χ3n) is 7.02. The Balaban J connectivity index is 1.60. The van der Waals surface area contributed by atoms with Crippen molar-refractivity contribution in [3.63, 3.8) is 0 Å². The molecule has 4 rings (SSSR count). The second-order valence-electron chi connectivity index (χ2n) is 10.8. The third-order valence-corrected chi connectivity index (χ3v) is 9.07. The number of sulfonamides is 1. The maximum absolute atomic E-state index is 13.3. The molecular formula is C27H34N6O5S. The molecule has 0 aliphatic heterocycles. The molecule has 0 amide bonds. The second kappa shape index (κ2) is 10.8. The smallest absolute Gasteiger partial charge is 0.327 e. The summed E-state index contributed by atoms with van der Waals surface area (Å²) in [7, 11) is -2.68. The molecule has 0 saturated heterocycles. The van der Waals surface area contributed by atoms with Gasteiger partial charge < -0.3 is 15.0 Å². The van der Waals surface area contributed by atoms with E-state index in [4.69, 9.17) is 4.74 Å². The number of nitriles is 1. The molecule has 1 aliphatic rings. The molecule has 2 N–H and O–H groups in total. The van der Waals surface area contributed by atoms with E-state index in [9.17, 15) is 23.3 Å². The Labute approximate surface area is 227 Å². The Kier molecular flexibility index (Phi) is 7.86. The topological polar surface area (TPSA) is 150 Å². The minimum absolute atomic E-state index is 0.00339. The minimum Gasteiger partial charge on any atom is -0.464 e. The fourth-order valence-electron chi connectivity index (χ4n) is 4.32. The van der Waals surface area contributed by atoms with Gasteiger partial charge in [0.15, 0.2) is 5.82 Å². The minimum atomic E-state index is -4.03. The van der Waals surface area contributed by atoms with E-state index in [1.807, 2.05) is 13.8 Å². The summed E-state index contributed by atoms with van der Waals surface area (Å²) < 4.78 is 34.7. The fourth-order valence-corrected chi connectivity index (χ4v) is 5.79. The number of rotatable bonds is 11. The zero-order valence-corrected chi connectivity index (χ0v) is 23.6. The van der Waals surface area contributed by atoms with E-state index in [1.165, 1.54) is 33.0 Å². The molecule has 12 heteroatoms. The van der Waals surface area contributed by atoms with E-state index >= 15 is 0 Å². The molecule has 1 aliphatic carbocycles. The van der Waals surface area contributed by atoms with E-state index in [0.29, 0.717) is 28.3 Å². The number of hydrogen-bond donors (Lipinski definition) is 2. The molecule has 1 fully saturated rings. The molecule has 0 spiro atoms. The van der Waals surface area contributed by atoms with E-state index in [1.54, 1.807) is 29.1 Å². The van der Waals surface area contributed by atoms with Gasteiger partial charge in [0.2, 0.25) is 10.0 Å². The Morgan fingerprint density at radius 3 is 2.54 bits per heavy atom. The number of H-pyrrole nitrogens is 1. The average molecular weight is 555 g/mol. The molecule has 0 bridgehead atoms. The number of fused-ring (bicyclic) bond motifs is 1. The maximum Gasteiger partial charge on any atom is 0.327 e. The monoisotopic (exact) mass is 554 g/mol. The highest BCUT2D eigenvalue weighted by atomic mass is 32.2. The van der Waals surface area contributed by atoms with Gasteiger partial charge in [-0.2, -0.15) is 14.7 Å². The number of nitrogens with one attached hydrogen (secondary N) is 2. The van der Waals surface area contributed by atoms with Crippen molar-refractivity contribution in [1.29, 1.82) is 5.26 Å². The summed E-state index contributed by atoms with van der Waals surface area (Å²) in [6, 6.07) is 9.85. The highest BCUT2D eigenvalue weighted by molar-refractivity contribution is 7.89. The van der Waals surface area contributed by atoms with Crippen molar-refractivity contribution in [3.8, 4) is 6.07 Å². The summed E-state index contributed by atoms with van der Waals surface area (Å²) in [5, 5.41) is 17.5. The predicted molar refractivity (Wildman–Crippen MR) is 147 cm³/mol. The van der Waals surface area contributed by atoms with Crippen LogP contribution in [0.3, 0.4) is 0 Å². The van der Waals surface area contributed by atoms with Crippen LogP contribution in [0.15, 0.2) is 46.2 Å². The second-order valence-corrected chi connectivity index (χ2v) is 12.8. The third kappa shape index (κ3) is 5.69. The van der Waals surface area contributed by atoms with Gasteiger partial charge in [0.1, 0.15) is 10.9 Å². The lowest BCUT2D eigenvalue weighted by atomic mass is 10.1. The summed E-state index contributed by atoms with van der Waals surface area (Å²) in [5.41, 5.74) is -0.592. The van der Waals surface area contributed by atoms with E-state index in [-0.39, 0.29) is 35.4 Å². The first-order chi connectivity index (χ1) is 18.4. The molecule has 1 atom stereocenters. The summed E-state index contributed by atoms with van der Waals surface area (Å²) in [6.07, 6.45) is 3.86. The van der Waals surface area contributed by atoms with Crippen molar-refractivity contribution >= 4 is 38.4 Å². The van der Waals surface area contributed by atoms with Crippen LogP contribution in [0.5, 0.6) is 0 Å². The van der Waals surface area contributed by atoms with Gasteiger partial charge in [-0.05, 0) is 68.9 Å². The Morgan fingerprint density at radius 2 is 1.95 bits per heavy atom. The first-order valence-electron chi connectivity index (χ1n) is 12.9. The van der Waals surface area contributed by atoms with Gasteiger partial charge in [0.05, 0.1) is 35.6 Å². The number of esters is 1. The number of pyridine rings is 1. The van der Waals surface area contributed by atoms with E-state index < -0.39 is 21.5 Å². The maximum atomic E-state index is 13.3. The van der Waals surface area contributed by atoms with Crippen LogP contribution in [0.4, 0.5) is 11.5 Å². The summed E-state index contributed by atoms with van der Waals surface area (Å²) >= 11 is 0. The zero-order chi connectivity index (χ0) is 28.5. The van der Waals surface area contributed by atoms with E-state index in [0.717, 1.165) is 17.1 Å². The van der Waals surface area contributed by atoms with Gasteiger partial charge in [-0.1, -0.05) is 13.8 Å². The number of aromatic nitrogens is 3. The number of aromatic amines is 1. The van der Waals surface area contributed by atoms with Gasteiger partial charge in [0.25, 0.3) is 5.56 Å². The Hall–Kier alpha value is -3.69. The lowest BCUT2D eigenvalue weighted by Gasteiger charge is -2.32. The first kappa shape index (κ1) is 28.3. The van der Waals surface area contributed by atoms with Crippen molar-refractivity contribution in [2.45, 2.75) is 63.4 Å². The number of carbonyl (C=O) groups excluding carboxylic acids is 1. The van der Waals surface area contributed by atoms with E-state index in [2.05, 4.69) is 21.5 Å². The van der Waals surface area contributed by atoms with Crippen LogP contribution < -0.4 is 10.9 Å². The fraction of sp³-hybridized carbons (Fsp3) is 0.481. The number of carbonyl (C=O) groups is 1. The highest BCUT2D eigenvalue weighted by Crippen LogP contribution is 2.43. The highest BCUT2D eigenvalue weighted by Gasteiger charge is 2.41. The van der Waals surface area contributed by atoms with Crippen LogP contribution >= 0.6 is 0 Å². The molecule has 0 radical (unpaired) electrons. The van der Waals surface area contributed by atoms with Crippen molar-refractivity contribution in [2.75, 3.05) is 19.0 Å². The quantitative estimate of drug-likeness (QED) is 0.339. The summed E-state index contributed by atoms with van der Waals surface area (Å²) in [6.45, 7) is 7.00. The first-order valence-corrected chi connectivity index (χ1v) is 14.3.